The molecule has 0 aliphatic heterocycles. The molecular formula is C17H18ClN3O. The molecule has 1 N–H and O–H groups in total. The minimum Gasteiger partial charge on any atom is -0.506 e. The van der Waals surface area contributed by atoms with E-state index in [1.807, 2.05) is 19.1 Å². The third kappa shape index (κ3) is 2.66. The predicted molar refractivity (Wildman–Crippen MR) is 88.9 cm³/mol. The van der Waals surface area contributed by atoms with Crippen LogP contribution in [0.2, 0.25) is 5.02 Å². The van der Waals surface area contributed by atoms with Gasteiger partial charge in [0.1, 0.15) is 22.5 Å². The van der Waals surface area contributed by atoms with Gasteiger partial charge >= 0.3 is 0 Å². The van der Waals surface area contributed by atoms with E-state index in [9.17, 15) is 5.11 Å². The molecule has 3 rings (SSSR count). The third-order valence-corrected chi connectivity index (χ3v) is 4.05. The lowest BCUT2D eigenvalue weighted by molar-refractivity contribution is 0.466. The maximum absolute atomic E-state index is 10.3. The molecule has 0 amide bonds. The van der Waals surface area contributed by atoms with Gasteiger partial charge in [-0.1, -0.05) is 31.0 Å². The first kappa shape index (κ1) is 14.9. The van der Waals surface area contributed by atoms with Crippen molar-refractivity contribution in [3.63, 3.8) is 0 Å². The second-order valence-electron chi connectivity index (χ2n) is 5.45. The van der Waals surface area contributed by atoms with Crippen LogP contribution in [-0.4, -0.2) is 20.1 Å². The highest BCUT2D eigenvalue weighted by molar-refractivity contribution is 6.31. The first-order valence-corrected chi connectivity index (χ1v) is 7.82. The van der Waals surface area contributed by atoms with E-state index in [1.165, 1.54) is 4.80 Å². The molecule has 1 aromatic heterocycles. The lowest BCUT2D eigenvalue weighted by Crippen LogP contribution is -2.05. The Kier molecular flexibility index (Phi) is 4.03. The molecule has 2 aromatic carbocycles. The predicted octanol–water partition coefficient (Wildman–Crippen LogP) is 4.43. The average Bonchev–Trinajstić information content (AvgIpc) is 2.90. The smallest absolute Gasteiger partial charge is 0.143 e. The van der Waals surface area contributed by atoms with Gasteiger partial charge in [-0.05, 0) is 55.2 Å². The van der Waals surface area contributed by atoms with Gasteiger partial charge in [-0.25, -0.2) is 0 Å². The van der Waals surface area contributed by atoms with E-state index < -0.39 is 0 Å². The van der Waals surface area contributed by atoms with Gasteiger partial charge in [0.15, 0.2) is 0 Å². The largest absolute Gasteiger partial charge is 0.506 e. The summed E-state index contributed by atoms with van der Waals surface area (Å²) in [5, 5.41) is 19.9. The minimum absolute atomic E-state index is 0.197. The highest BCUT2D eigenvalue weighted by Gasteiger charge is 2.15. The lowest BCUT2D eigenvalue weighted by atomic mass is 10.0. The van der Waals surface area contributed by atoms with Gasteiger partial charge < -0.3 is 5.11 Å². The quantitative estimate of drug-likeness (QED) is 0.774. The summed E-state index contributed by atoms with van der Waals surface area (Å²) in [4.78, 5) is 1.52. The van der Waals surface area contributed by atoms with Crippen molar-refractivity contribution in [1.29, 1.82) is 0 Å². The fourth-order valence-electron chi connectivity index (χ4n) is 2.60. The Morgan fingerprint density at radius 1 is 1.14 bits per heavy atom. The summed E-state index contributed by atoms with van der Waals surface area (Å²) in [7, 11) is 0. The van der Waals surface area contributed by atoms with Gasteiger partial charge in [-0.3, -0.25) is 0 Å². The third-order valence-electron chi connectivity index (χ3n) is 3.82. The van der Waals surface area contributed by atoms with Crippen molar-refractivity contribution < 1.29 is 5.11 Å². The monoisotopic (exact) mass is 315 g/mol. The van der Waals surface area contributed by atoms with Crippen LogP contribution in [0.15, 0.2) is 30.3 Å². The van der Waals surface area contributed by atoms with Gasteiger partial charge in [0, 0.05) is 5.02 Å². The van der Waals surface area contributed by atoms with Crippen LogP contribution in [0, 0.1) is 6.92 Å². The average molecular weight is 316 g/mol. The van der Waals surface area contributed by atoms with Crippen molar-refractivity contribution in [1.82, 2.24) is 15.0 Å². The summed E-state index contributed by atoms with van der Waals surface area (Å²) < 4.78 is 0. The van der Waals surface area contributed by atoms with Crippen molar-refractivity contribution in [2.75, 3.05) is 0 Å². The van der Waals surface area contributed by atoms with Gasteiger partial charge in [-0.15, -0.1) is 15.0 Å². The molecule has 0 spiro atoms. The molecule has 0 bridgehead atoms. The van der Waals surface area contributed by atoms with E-state index in [4.69, 9.17) is 11.6 Å². The van der Waals surface area contributed by atoms with Crippen LogP contribution >= 0.6 is 11.6 Å². The number of aromatic nitrogens is 3. The van der Waals surface area contributed by atoms with Crippen molar-refractivity contribution in [2.24, 2.45) is 0 Å². The number of halogens is 1. The zero-order valence-electron chi connectivity index (χ0n) is 12.7. The van der Waals surface area contributed by atoms with Gasteiger partial charge in [0.05, 0.1) is 0 Å². The van der Waals surface area contributed by atoms with E-state index >= 15 is 0 Å². The zero-order valence-corrected chi connectivity index (χ0v) is 13.4. The molecular weight excluding hydrogens is 298 g/mol. The Labute approximate surface area is 134 Å². The highest BCUT2D eigenvalue weighted by atomic mass is 35.5. The summed E-state index contributed by atoms with van der Waals surface area (Å²) in [6.07, 6.45) is 3.05. The number of benzene rings is 2. The van der Waals surface area contributed by atoms with E-state index in [0.717, 1.165) is 41.4 Å². The maximum Gasteiger partial charge on any atom is 0.143 e. The van der Waals surface area contributed by atoms with Crippen LogP contribution in [0.3, 0.4) is 0 Å². The molecule has 4 nitrogen and oxygen atoms in total. The normalized spacial score (nSPS) is 11.2. The molecule has 0 aliphatic rings. The Morgan fingerprint density at radius 2 is 1.91 bits per heavy atom. The van der Waals surface area contributed by atoms with Crippen LogP contribution in [-0.2, 0) is 6.42 Å². The molecule has 114 valence electrons. The summed E-state index contributed by atoms with van der Waals surface area (Å²) in [5.41, 5.74) is 4.37. The van der Waals surface area contributed by atoms with Crippen LogP contribution in [0.4, 0.5) is 0 Å². The number of nitrogens with zero attached hydrogens (tertiary/aromatic N) is 3. The molecule has 0 aliphatic carbocycles. The first-order chi connectivity index (χ1) is 10.6. The molecule has 0 saturated heterocycles. The summed E-state index contributed by atoms with van der Waals surface area (Å²) in [5.74, 6) is 0.197. The summed E-state index contributed by atoms with van der Waals surface area (Å²) in [6, 6.07) is 9.03. The lowest BCUT2D eigenvalue weighted by Gasteiger charge is -2.13. The number of rotatable bonds is 4. The SMILES string of the molecule is CCCCc1c(C)ccc(O)c1-n1nc2ccc(Cl)cc2n1. The van der Waals surface area contributed by atoms with Gasteiger partial charge in [0.25, 0.3) is 0 Å². The second-order valence-corrected chi connectivity index (χ2v) is 5.89. The number of phenols is 1. The maximum atomic E-state index is 10.3. The molecule has 22 heavy (non-hydrogen) atoms. The van der Waals surface area contributed by atoms with Gasteiger partial charge in [0.2, 0.25) is 0 Å². The molecule has 5 heteroatoms. The van der Waals surface area contributed by atoms with Crippen LogP contribution < -0.4 is 0 Å². The Hall–Kier alpha value is -2.07. The van der Waals surface area contributed by atoms with E-state index in [0.29, 0.717) is 10.7 Å². The number of unbranched alkanes of at least 4 members (excludes halogenated alkanes) is 1. The number of phenolic OH excluding ortho intramolecular Hbond substituents is 1. The summed E-state index contributed by atoms with van der Waals surface area (Å²) in [6.45, 7) is 4.20. The van der Waals surface area contributed by atoms with Crippen LogP contribution in [0.25, 0.3) is 16.7 Å². The standard InChI is InChI=1S/C17H18ClN3O/c1-3-4-5-13-11(2)6-9-16(22)17(13)21-19-14-8-7-12(18)10-15(14)20-21/h6-10,22H,3-5H2,1-2H3. The molecule has 1 heterocycles. The number of fused-ring (bicyclic) bond motifs is 1. The fraction of sp³-hybridized carbons (Fsp3) is 0.294. The number of hydrogen-bond acceptors (Lipinski definition) is 3. The van der Waals surface area contributed by atoms with E-state index in [-0.39, 0.29) is 5.75 Å². The van der Waals surface area contributed by atoms with E-state index in [1.54, 1.807) is 18.2 Å². The highest BCUT2D eigenvalue weighted by Crippen LogP contribution is 2.29. The topological polar surface area (TPSA) is 50.9 Å². The molecule has 0 unspecified atom stereocenters. The Morgan fingerprint density at radius 3 is 2.68 bits per heavy atom. The first-order valence-electron chi connectivity index (χ1n) is 7.44. The van der Waals surface area contributed by atoms with E-state index in [2.05, 4.69) is 17.1 Å². The van der Waals surface area contributed by atoms with Crippen LogP contribution in [0.5, 0.6) is 5.75 Å². The Bertz CT molecular complexity index is 826. The number of aryl methyl sites for hydroxylation is 1. The number of hydrogen-bond donors (Lipinski definition) is 1. The molecule has 0 atom stereocenters. The second kappa shape index (κ2) is 5.97. The summed E-state index contributed by atoms with van der Waals surface area (Å²) >= 11 is 6.00. The van der Waals surface area contributed by atoms with Gasteiger partial charge in [-0.2, -0.15) is 0 Å². The molecule has 3 aromatic rings. The van der Waals surface area contributed by atoms with Crippen molar-refractivity contribution in [3.05, 3.63) is 46.5 Å². The van der Waals surface area contributed by atoms with Crippen molar-refractivity contribution in [2.45, 2.75) is 33.1 Å². The molecule has 0 radical (unpaired) electrons. The van der Waals surface area contributed by atoms with Crippen molar-refractivity contribution in [3.8, 4) is 11.4 Å². The zero-order chi connectivity index (χ0) is 15.7. The van der Waals surface area contributed by atoms with Crippen molar-refractivity contribution >= 4 is 22.6 Å². The minimum atomic E-state index is 0.197. The fourth-order valence-corrected chi connectivity index (χ4v) is 2.77. The Balaban J connectivity index is 2.18. The number of aromatic hydroxyl groups is 1. The van der Waals surface area contributed by atoms with Crippen LogP contribution in [0.1, 0.15) is 30.9 Å². The molecule has 0 fully saturated rings. The molecule has 0 saturated carbocycles.